The Balaban J connectivity index is 1.70. The number of nitrogens with zero attached hydrogens (tertiary/aromatic N) is 2. The predicted octanol–water partition coefficient (Wildman–Crippen LogP) is 3.16. The molecule has 6 nitrogen and oxygen atoms in total. The number of halogens is 2. The van der Waals surface area contributed by atoms with E-state index in [0.717, 1.165) is 19.4 Å². The van der Waals surface area contributed by atoms with E-state index in [1.165, 1.54) is 0 Å². The molecule has 1 amide bonds. The standard InChI is InChI=1S/C13H12BrClN4O2/c14-8-6-7(3-4-9(8)15)11(20)17-13-19-18-12(21-13)10-2-1-5-16-10/h3-4,6,10,16H,1-2,5H2,(H,17,19,20). The fourth-order valence-electron chi connectivity index (χ4n) is 2.13. The maximum absolute atomic E-state index is 12.1. The van der Waals surface area contributed by atoms with E-state index >= 15 is 0 Å². The largest absolute Gasteiger partial charge is 0.406 e. The molecule has 0 saturated carbocycles. The summed E-state index contributed by atoms with van der Waals surface area (Å²) in [6.07, 6.45) is 2.03. The van der Waals surface area contributed by atoms with Gasteiger partial charge in [-0.2, -0.15) is 0 Å². The van der Waals surface area contributed by atoms with E-state index in [-0.39, 0.29) is 18.0 Å². The smallest absolute Gasteiger partial charge is 0.322 e. The molecule has 1 atom stereocenters. The van der Waals surface area contributed by atoms with Gasteiger partial charge in [-0.25, -0.2) is 0 Å². The lowest BCUT2D eigenvalue weighted by atomic mass is 10.2. The van der Waals surface area contributed by atoms with Gasteiger partial charge >= 0.3 is 6.01 Å². The molecule has 1 aliphatic heterocycles. The molecule has 2 aromatic rings. The number of benzene rings is 1. The van der Waals surface area contributed by atoms with Gasteiger partial charge in [-0.1, -0.05) is 16.7 Å². The van der Waals surface area contributed by atoms with Gasteiger partial charge in [0.2, 0.25) is 5.89 Å². The molecule has 1 fully saturated rings. The van der Waals surface area contributed by atoms with Crippen LogP contribution in [0.5, 0.6) is 0 Å². The molecule has 0 aliphatic carbocycles. The van der Waals surface area contributed by atoms with Crippen molar-refractivity contribution in [3.63, 3.8) is 0 Å². The zero-order valence-corrected chi connectivity index (χ0v) is 13.2. The summed E-state index contributed by atoms with van der Waals surface area (Å²) in [6, 6.07) is 5.07. The summed E-state index contributed by atoms with van der Waals surface area (Å²) in [7, 11) is 0. The number of aromatic nitrogens is 2. The van der Waals surface area contributed by atoms with Crippen LogP contribution < -0.4 is 10.6 Å². The van der Waals surface area contributed by atoms with Gasteiger partial charge in [0, 0.05) is 10.0 Å². The van der Waals surface area contributed by atoms with Crippen LogP contribution in [-0.4, -0.2) is 22.6 Å². The number of carbonyl (C=O) groups excluding carboxylic acids is 1. The van der Waals surface area contributed by atoms with E-state index in [9.17, 15) is 4.79 Å². The van der Waals surface area contributed by atoms with Crippen LogP contribution in [0, 0.1) is 0 Å². The number of hydrogen-bond acceptors (Lipinski definition) is 5. The van der Waals surface area contributed by atoms with Gasteiger partial charge < -0.3 is 9.73 Å². The van der Waals surface area contributed by atoms with E-state index in [1.54, 1.807) is 18.2 Å². The molecule has 3 rings (SSSR count). The van der Waals surface area contributed by atoms with Crippen molar-refractivity contribution in [2.24, 2.45) is 0 Å². The molecule has 110 valence electrons. The van der Waals surface area contributed by atoms with Crippen molar-refractivity contribution < 1.29 is 9.21 Å². The Labute approximate surface area is 134 Å². The first kappa shape index (κ1) is 14.5. The topological polar surface area (TPSA) is 80.0 Å². The number of rotatable bonds is 3. The molecule has 1 unspecified atom stereocenters. The Bertz CT molecular complexity index is 670. The third kappa shape index (κ3) is 3.25. The molecule has 0 spiro atoms. The summed E-state index contributed by atoms with van der Waals surface area (Å²) in [6.45, 7) is 0.938. The maximum atomic E-state index is 12.1. The Morgan fingerprint density at radius 2 is 2.33 bits per heavy atom. The van der Waals surface area contributed by atoms with Gasteiger partial charge in [-0.3, -0.25) is 10.1 Å². The van der Waals surface area contributed by atoms with Crippen molar-refractivity contribution in [2.45, 2.75) is 18.9 Å². The van der Waals surface area contributed by atoms with Crippen molar-refractivity contribution in [1.82, 2.24) is 15.5 Å². The highest BCUT2D eigenvalue weighted by Crippen LogP contribution is 2.25. The summed E-state index contributed by atoms with van der Waals surface area (Å²) in [5.74, 6) is 0.169. The number of anilines is 1. The third-order valence-corrected chi connectivity index (χ3v) is 4.42. The van der Waals surface area contributed by atoms with E-state index < -0.39 is 0 Å². The summed E-state index contributed by atoms with van der Waals surface area (Å²) < 4.78 is 6.11. The molecule has 1 aliphatic rings. The molecule has 2 heterocycles. The molecule has 21 heavy (non-hydrogen) atoms. The zero-order valence-electron chi connectivity index (χ0n) is 10.9. The number of hydrogen-bond donors (Lipinski definition) is 2. The van der Waals surface area contributed by atoms with Crippen molar-refractivity contribution in [3.8, 4) is 0 Å². The first-order valence-corrected chi connectivity index (χ1v) is 7.64. The lowest BCUT2D eigenvalue weighted by Crippen LogP contribution is -2.13. The van der Waals surface area contributed by atoms with Crippen LogP contribution in [0.3, 0.4) is 0 Å². The van der Waals surface area contributed by atoms with Crippen LogP contribution in [0.15, 0.2) is 27.1 Å². The minimum atomic E-state index is -0.332. The van der Waals surface area contributed by atoms with Gasteiger partial charge in [0.15, 0.2) is 0 Å². The van der Waals surface area contributed by atoms with E-state index in [0.29, 0.717) is 20.9 Å². The summed E-state index contributed by atoms with van der Waals surface area (Å²) in [5, 5.41) is 14.2. The Morgan fingerprint density at radius 1 is 1.48 bits per heavy atom. The molecule has 2 N–H and O–H groups in total. The Hall–Kier alpha value is -1.44. The fourth-order valence-corrected chi connectivity index (χ4v) is 2.62. The van der Waals surface area contributed by atoms with Crippen molar-refractivity contribution in [2.75, 3.05) is 11.9 Å². The van der Waals surface area contributed by atoms with Crippen LogP contribution in [0.2, 0.25) is 5.02 Å². The molecular weight excluding hydrogens is 360 g/mol. The molecule has 1 aromatic heterocycles. The van der Waals surface area contributed by atoms with Crippen LogP contribution in [0.1, 0.15) is 35.1 Å². The van der Waals surface area contributed by atoms with Crippen LogP contribution in [0.25, 0.3) is 0 Å². The van der Waals surface area contributed by atoms with Gasteiger partial charge in [0.25, 0.3) is 5.91 Å². The van der Waals surface area contributed by atoms with Crippen LogP contribution in [-0.2, 0) is 0 Å². The monoisotopic (exact) mass is 370 g/mol. The molecule has 0 bridgehead atoms. The van der Waals surface area contributed by atoms with Crippen molar-refractivity contribution in [1.29, 1.82) is 0 Å². The highest BCUT2D eigenvalue weighted by atomic mass is 79.9. The molecular formula is C13H12BrClN4O2. The van der Waals surface area contributed by atoms with E-state index in [1.807, 2.05) is 0 Å². The zero-order chi connectivity index (χ0) is 14.8. The second-order valence-corrected chi connectivity index (χ2v) is 5.94. The quantitative estimate of drug-likeness (QED) is 0.866. The van der Waals surface area contributed by atoms with Gasteiger partial charge in [0.1, 0.15) is 0 Å². The van der Waals surface area contributed by atoms with Crippen molar-refractivity contribution in [3.05, 3.63) is 39.1 Å². The SMILES string of the molecule is O=C(Nc1nnc(C2CCCN2)o1)c1ccc(Cl)c(Br)c1. The fraction of sp³-hybridized carbons (Fsp3) is 0.308. The van der Waals surface area contributed by atoms with E-state index in [4.69, 9.17) is 16.0 Å². The maximum Gasteiger partial charge on any atom is 0.322 e. The minimum absolute atomic E-state index is 0.0767. The van der Waals surface area contributed by atoms with Crippen LogP contribution >= 0.6 is 27.5 Å². The molecule has 1 aromatic carbocycles. The molecule has 0 radical (unpaired) electrons. The Kier molecular flexibility index (Phi) is 4.23. The van der Waals surface area contributed by atoms with E-state index in [2.05, 4.69) is 36.8 Å². The summed E-state index contributed by atoms with van der Waals surface area (Å²) in [4.78, 5) is 12.1. The lowest BCUT2D eigenvalue weighted by Gasteiger charge is -2.04. The average molecular weight is 372 g/mol. The lowest BCUT2D eigenvalue weighted by molar-refractivity contribution is 0.102. The number of amides is 1. The Morgan fingerprint density at radius 3 is 3.05 bits per heavy atom. The van der Waals surface area contributed by atoms with Gasteiger partial charge in [-0.15, -0.1) is 5.10 Å². The molecule has 1 saturated heterocycles. The van der Waals surface area contributed by atoms with Gasteiger partial charge in [0.05, 0.1) is 11.1 Å². The summed E-state index contributed by atoms with van der Waals surface area (Å²) in [5.41, 5.74) is 0.449. The number of carbonyl (C=O) groups is 1. The van der Waals surface area contributed by atoms with Crippen LogP contribution in [0.4, 0.5) is 6.01 Å². The first-order valence-electron chi connectivity index (χ1n) is 6.46. The normalized spacial score (nSPS) is 17.9. The second-order valence-electron chi connectivity index (χ2n) is 4.68. The van der Waals surface area contributed by atoms with Crippen molar-refractivity contribution >= 4 is 39.5 Å². The average Bonchev–Trinajstić information content (AvgIpc) is 3.12. The first-order chi connectivity index (χ1) is 10.1. The molecule has 8 heteroatoms. The minimum Gasteiger partial charge on any atom is -0.406 e. The predicted molar refractivity (Wildman–Crippen MR) is 81.4 cm³/mol. The highest BCUT2D eigenvalue weighted by molar-refractivity contribution is 9.10. The number of nitrogens with one attached hydrogen (secondary N) is 2. The highest BCUT2D eigenvalue weighted by Gasteiger charge is 2.22. The van der Waals surface area contributed by atoms with Gasteiger partial charge in [-0.05, 0) is 53.5 Å². The summed E-state index contributed by atoms with van der Waals surface area (Å²) >= 11 is 9.17. The third-order valence-electron chi connectivity index (χ3n) is 3.20. The second kappa shape index (κ2) is 6.13.